The van der Waals surface area contributed by atoms with Gasteiger partial charge in [0, 0.05) is 18.7 Å². The summed E-state index contributed by atoms with van der Waals surface area (Å²) in [7, 11) is 0. The highest BCUT2D eigenvalue weighted by molar-refractivity contribution is 6.00. The molecule has 24 heavy (non-hydrogen) atoms. The standard InChI is InChI=1S/C17H19N3O4/c1-11-10-20(4-5-22-11)17(21)13-9-18-19-16(13)12-2-3-14-15(8-12)24-7-6-23-14/h2-3,8-9,11H,4-7,10H2,1H3,(H,18,19)/t11-/m0/s1. The van der Waals surface area contributed by atoms with Gasteiger partial charge in [-0.2, -0.15) is 5.10 Å². The Balaban J connectivity index is 1.64. The van der Waals surface area contributed by atoms with Crippen molar-refractivity contribution >= 4 is 5.91 Å². The van der Waals surface area contributed by atoms with E-state index in [0.29, 0.717) is 49.9 Å². The van der Waals surface area contributed by atoms with Crippen LogP contribution in [0.25, 0.3) is 11.3 Å². The van der Waals surface area contributed by atoms with E-state index in [4.69, 9.17) is 14.2 Å². The fraction of sp³-hybridized carbons (Fsp3) is 0.412. The van der Waals surface area contributed by atoms with E-state index in [2.05, 4.69) is 10.2 Å². The van der Waals surface area contributed by atoms with Gasteiger partial charge < -0.3 is 19.1 Å². The van der Waals surface area contributed by atoms with Crippen molar-refractivity contribution in [3.05, 3.63) is 30.0 Å². The summed E-state index contributed by atoms with van der Waals surface area (Å²) in [5, 5.41) is 7.00. The van der Waals surface area contributed by atoms with E-state index in [-0.39, 0.29) is 12.0 Å². The van der Waals surface area contributed by atoms with Gasteiger partial charge in [-0.3, -0.25) is 9.89 Å². The highest BCUT2D eigenvalue weighted by atomic mass is 16.6. The number of nitrogens with zero attached hydrogens (tertiary/aromatic N) is 2. The Bertz CT molecular complexity index is 758. The van der Waals surface area contributed by atoms with Gasteiger partial charge in [0.15, 0.2) is 11.5 Å². The lowest BCUT2D eigenvalue weighted by Gasteiger charge is -2.31. The molecule has 7 heteroatoms. The summed E-state index contributed by atoms with van der Waals surface area (Å²) in [6.07, 6.45) is 1.63. The summed E-state index contributed by atoms with van der Waals surface area (Å²) in [5.41, 5.74) is 2.10. The molecule has 1 aromatic carbocycles. The monoisotopic (exact) mass is 329 g/mol. The van der Waals surface area contributed by atoms with E-state index in [1.54, 1.807) is 11.1 Å². The lowest BCUT2D eigenvalue weighted by atomic mass is 10.1. The van der Waals surface area contributed by atoms with Crippen LogP contribution in [0.15, 0.2) is 24.4 Å². The van der Waals surface area contributed by atoms with Crippen LogP contribution < -0.4 is 9.47 Å². The molecular weight excluding hydrogens is 310 g/mol. The first-order valence-electron chi connectivity index (χ1n) is 8.06. The Morgan fingerprint density at radius 2 is 2.08 bits per heavy atom. The lowest BCUT2D eigenvalue weighted by Crippen LogP contribution is -2.44. The molecule has 1 amide bonds. The average Bonchev–Trinajstić information content (AvgIpc) is 3.10. The third kappa shape index (κ3) is 2.71. The molecule has 2 aliphatic heterocycles. The van der Waals surface area contributed by atoms with Crippen LogP contribution in [0.3, 0.4) is 0 Å². The van der Waals surface area contributed by atoms with E-state index >= 15 is 0 Å². The Morgan fingerprint density at radius 1 is 1.25 bits per heavy atom. The van der Waals surface area contributed by atoms with Crippen LogP contribution in [0.4, 0.5) is 0 Å². The summed E-state index contributed by atoms with van der Waals surface area (Å²) in [5.74, 6) is 1.37. The molecule has 0 radical (unpaired) electrons. The second-order valence-electron chi connectivity index (χ2n) is 5.95. The van der Waals surface area contributed by atoms with Gasteiger partial charge in [-0.05, 0) is 25.1 Å². The predicted octanol–water partition coefficient (Wildman–Crippen LogP) is 1.71. The number of benzene rings is 1. The van der Waals surface area contributed by atoms with Gasteiger partial charge in [-0.25, -0.2) is 0 Å². The Hall–Kier alpha value is -2.54. The number of fused-ring (bicyclic) bond motifs is 1. The number of carbonyl (C=O) groups is 1. The molecule has 4 rings (SSSR count). The number of aromatic amines is 1. The fourth-order valence-corrected chi connectivity index (χ4v) is 3.04. The first-order chi connectivity index (χ1) is 11.7. The maximum atomic E-state index is 12.8. The molecule has 0 spiro atoms. The lowest BCUT2D eigenvalue weighted by molar-refractivity contribution is -0.0123. The topological polar surface area (TPSA) is 76.7 Å². The largest absolute Gasteiger partial charge is 0.486 e. The Labute approximate surface area is 139 Å². The van der Waals surface area contributed by atoms with Crippen LogP contribution in [0, 0.1) is 0 Å². The molecule has 2 aromatic rings. The van der Waals surface area contributed by atoms with Gasteiger partial charge in [0.1, 0.15) is 13.2 Å². The number of hydrogen-bond donors (Lipinski definition) is 1. The predicted molar refractivity (Wildman–Crippen MR) is 86.3 cm³/mol. The molecule has 3 heterocycles. The zero-order chi connectivity index (χ0) is 16.5. The van der Waals surface area contributed by atoms with Gasteiger partial charge >= 0.3 is 0 Å². The van der Waals surface area contributed by atoms with Gasteiger partial charge in [-0.1, -0.05) is 0 Å². The zero-order valence-electron chi connectivity index (χ0n) is 13.4. The summed E-state index contributed by atoms with van der Waals surface area (Å²) in [6.45, 7) is 4.78. The number of hydrogen-bond acceptors (Lipinski definition) is 5. The summed E-state index contributed by atoms with van der Waals surface area (Å²) in [4.78, 5) is 14.6. The molecule has 0 bridgehead atoms. The molecule has 1 fully saturated rings. The van der Waals surface area contributed by atoms with Crippen molar-refractivity contribution in [1.82, 2.24) is 15.1 Å². The van der Waals surface area contributed by atoms with Crippen LogP contribution in [0.2, 0.25) is 0 Å². The molecule has 1 N–H and O–H groups in total. The minimum Gasteiger partial charge on any atom is -0.486 e. The minimum atomic E-state index is -0.0382. The highest BCUT2D eigenvalue weighted by Crippen LogP contribution is 2.35. The fourth-order valence-electron chi connectivity index (χ4n) is 3.04. The molecule has 0 aliphatic carbocycles. The van der Waals surface area contributed by atoms with Crippen LogP contribution >= 0.6 is 0 Å². The molecule has 126 valence electrons. The Kier molecular flexibility index (Phi) is 3.86. The van der Waals surface area contributed by atoms with Crippen molar-refractivity contribution < 1.29 is 19.0 Å². The van der Waals surface area contributed by atoms with Crippen molar-refractivity contribution in [2.45, 2.75) is 13.0 Å². The molecule has 1 aromatic heterocycles. The third-order valence-corrected chi connectivity index (χ3v) is 4.23. The SMILES string of the molecule is C[C@H]1CN(C(=O)c2cn[nH]c2-c2ccc3c(c2)OCCO3)CCO1. The van der Waals surface area contributed by atoms with Crippen LogP contribution in [0.1, 0.15) is 17.3 Å². The van der Waals surface area contributed by atoms with Crippen molar-refractivity contribution in [2.24, 2.45) is 0 Å². The minimum absolute atomic E-state index is 0.0382. The number of ether oxygens (including phenoxy) is 3. The number of nitrogens with one attached hydrogen (secondary N) is 1. The van der Waals surface area contributed by atoms with Gasteiger partial charge in [0.05, 0.1) is 30.2 Å². The van der Waals surface area contributed by atoms with E-state index < -0.39 is 0 Å². The number of amides is 1. The molecule has 1 atom stereocenters. The van der Waals surface area contributed by atoms with Crippen molar-refractivity contribution in [1.29, 1.82) is 0 Å². The maximum Gasteiger partial charge on any atom is 0.257 e. The molecular formula is C17H19N3O4. The van der Waals surface area contributed by atoms with E-state index in [1.165, 1.54) is 0 Å². The maximum absolute atomic E-state index is 12.8. The number of carbonyl (C=O) groups excluding carboxylic acids is 1. The van der Waals surface area contributed by atoms with E-state index in [9.17, 15) is 4.79 Å². The van der Waals surface area contributed by atoms with Crippen LogP contribution in [-0.2, 0) is 4.74 Å². The van der Waals surface area contributed by atoms with E-state index in [0.717, 1.165) is 11.3 Å². The molecule has 1 saturated heterocycles. The van der Waals surface area contributed by atoms with Crippen LogP contribution in [0.5, 0.6) is 11.5 Å². The number of H-pyrrole nitrogens is 1. The first kappa shape index (κ1) is 15.0. The summed E-state index contributed by atoms with van der Waals surface area (Å²) < 4.78 is 16.7. The number of rotatable bonds is 2. The number of aromatic nitrogens is 2. The second-order valence-corrected chi connectivity index (χ2v) is 5.95. The molecule has 0 saturated carbocycles. The highest BCUT2D eigenvalue weighted by Gasteiger charge is 2.26. The summed E-state index contributed by atoms with van der Waals surface area (Å²) >= 11 is 0. The van der Waals surface area contributed by atoms with Gasteiger partial charge in [0.2, 0.25) is 0 Å². The second kappa shape index (κ2) is 6.16. The molecule has 2 aliphatic rings. The van der Waals surface area contributed by atoms with Gasteiger partial charge in [-0.15, -0.1) is 0 Å². The third-order valence-electron chi connectivity index (χ3n) is 4.23. The smallest absolute Gasteiger partial charge is 0.257 e. The zero-order valence-corrected chi connectivity index (χ0v) is 13.4. The molecule has 7 nitrogen and oxygen atoms in total. The quantitative estimate of drug-likeness (QED) is 0.908. The average molecular weight is 329 g/mol. The van der Waals surface area contributed by atoms with Crippen molar-refractivity contribution in [3.8, 4) is 22.8 Å². The van der Waals surface area contributed by atoms with Crippen molar-refractivity contribution in [3.63, 3.8) is 0 Å². The van der Waals surface area contributed by atoms with Crippen LogP contribution in [-0.4, -0.2) is 60.0 Å². The van der Waals surface area contributed by atoms with E-state index in [1.807, 2.05) is 25.1 Å². The molecule has 0 unspecified atom stereocenters. The van der Waals surface area contributed by atoms with Gasteiger partial charge in [0.25, 0.3) is 5.91 Å². The normalized spacial score (nSPS) is 20.0. The van der Waals surface area contributed by atoms with Crippen molar-refractivity contribution in [2.75, 3.05) is 32.9 Å². The summed E-state index contributed by atoms with van der Waals surface area (Å²) in [6, 6.07) is 5.64. The first-order valence-corrected chi connectivity index (χ1v) is 8.06. The number of morpholine rings is 1. The Morgan fingerprint density at radius 3 is 2.92 bits per heavy atom.